The van der Waals surface area contributed by atoms with Gasteiger partial charge in [-0.1, -0.05) is 51.4 Å². The first-order valence-corrected chi connectivity index (χ1v) is 20.8. The van der Waals surface area contributed by atoms with Crippen LogP contribution in [0.1, 0.15) is 100 Å². The van der Waals surface area contributed by atoms with E-state index in [0.717, 1.165) is 5.56 Å². The Balaban J connectivity index is 1.53. The molecule has 1 aromatic rings. The lowest BCUT2D eigenvalue weighted by Crippen LogP contribution is -2.60. The predicted molar refractivity (Wildman–Crippen MR) is 209 cm³/mol. The number of halogens is 1. The Morgan fingerprint density at radius 3 is 2.30 bits per heavy atom. The Labute approximate surface area is 338 Å². The highest BCUT2D eigenvalue weighted by Crippen LogP contribution is 2.48. The number of nitrogens with one attached hydrogen (secondary N) is 1. The summed E-state index contributed by atoms with van der Waals surface area (Å²) in [5, 5.41) is 49.9. The number of aliphatic hydroxyl groups excluding tert-OH is 3. The number of hydrogen-bond acceptors (Lipinski definition) is 13. The third-order valence-electron chi connectivity index (χ3n) is 13.2. The molecular formula is C42H68ClNO12. The minimum absolute atomic E-state index is 0.0865. The second kappa shape index (κ2) is 18.0. The van der Waals surface area contributed by atoms with Crippen molar-refractivity contribution in [1.29, 1.82) is 0 Å². The molecule has 1 aromatic carbocycles. The van der Waals surface area contributed by atoms with E-state index in [4.69, 9.17) is 44.8 Å². The van der Waals surface area contributed by atoms with Gasteiger partial charge in [0.2, 0.25) is 0 Å². The van der Waals surface area contributed by atoms with Gasteiger partial charge in [-0.05, 0) is 84.4 Å². The van der Waals surface area contributed by atoms with E-state index in [9.17, 15) is 25.2 Å². The lowest BCUT2D eigenvalue weighted by atomic mass is 9.76. The van der Waals surface area contributed by atoms with Gasteiger partial charge in [-0.3, -0.25) is 4.79 Å². The second-order valence-corrected chi connectivity index (χ2v) is 18.3. The van der Waals surface area contributed by atoms with Crippen molar-refractivity contribution >= 4 is 17.6 Å². The largest absolute Gasteiger partial charge is 0.459 e. The molecule has 56 heavy (non-hydrogen) atoms. The lowest BCUT2D eigenvalue weighted by Gasteiger charge is -2.48. The fourth-order valence-electron chi connectivity index (χ4n) is 9.77. The quantitative estimate of drug-likeness (QED) is 0.198. The fraction of sp³-hybridized carbons (Fsp3) is 0.833. The van der Waals surface area contributed by atoms with Crippen molar-refractivity contribution in [3.8, 4) is 0 Å². The smallest absolute Gasteiger partial charge is 0.311 e. The monoisotopic (exact) mass is 813 g/mol. The number of carbonyl (C=O) groups excluding carboxylic acids is 1. The van der Waals surface area contributed by atoms with Gasteiger partial charge in [-0.25, -0.2) is 0 Å². The van der Waals surface area contributed by atoms with Crippen LogP contribution < -0.4 is 5.32 Å². The number of hydrogen-bond donors (Lipinski definition) is 5. The van der Waals surface area contributed by atoms with E-state index in [2.05, 4.69) is 12.2 Å². The molecule has 7 unspecified atom stereocenters. The number of methoxy groups -OCH3 is 1. The third kappa shape index (κ3) is 9.45. The molecule has 14 heteroatoms. The lowest BCUT2D eigenvalue weighted by molar-refractivity contribution is -0.316. The molecule has 13 nitrogen and oxygen atoms in total. The normalized spacial score (nSPS) is 45.4. The van der Waals surface area contributed by atoms with Gasteiger partial charge in [0, 0.05) is 43.0 Å². The summed E-state index contributed by atoms with van der Waals surface area (Å²) < 4.78 is 45.4. The van der Waals surface area contributed by atoms with Crippen molar-refractivity contribution in [2.45, 2.75) is 192 Å². The first-order chi connectivity index (χ1) is 26.1. The van der Waals surface area contributed by atoms with E-state index in [0.29, 0.717) is 24.4 Å². The minimum Gasteiger partial charge on any atom is -0.459 e. The van der Waals surface area contributed by atoms with Gasteiger partial charge in [0.1, 0.15) is 23.9 Å². The molecule has 0 spiro atoms. The predicted octanol–water partition coefficient (Wildman–Crippen LogP) is 4.50. The van der Waals surface area contributed by atoms with Gasteiger partial charge in [-0.2, -0.15) is 0 Å². The SMILES string of the molecule is CC[C@@H](O)[C@@](C)(O)[C@@H]1OC(=O)[C@H](C)[C@@H](O[C@H]2CC(C)(OC)[C@@H](O)C(C)O2)[C@H](C)[C@@H](O[C@@H]2OC(C)CC(NCc3ccc(Cl)cc3)C2O)[C@@]2(C)CC(C)C(O2)[C@@H]1C. The highest BCUT2D eigenvalue weighted by molar-refractivity contribution is 6.30. The van der Waals surface area contributed by atoms with Gasteiger partial charge in [0.15, 0.2) is 12.6 Å². The molecule has 4 aliphatic heterocycles. The number of aliphatic hydroxyl groups is 4. The number of rotatable bonds is 11. The van der Waals surface area contributed by atoms with E-state index in [1.165, 1.54) is 14.0 Å². The molecule has 5 N–H and O–H groups in total. The second-order valence-electron chi connectivity index (χ2n) is 17.8. The molecular weight excluding hydrogens is 746 g/mol. The molecule has 0 aliphatic carbocycles. The first-order valence-electron chi connectivity index (χ1n) is 20.4. The number of benzene rings is 1. The van der Waals surface area contributed by atoms with Crippen LogP contribution in [-0.4, -0.2) is 124 Å². The summed E-state index contributed by atoms with van der Waals surface area (Å²) in [6, 6.07) is 7.16. The molecule has 5 rings (SSSR count). The molecule has 0 aromatic heterocycles. The highest BCUT2D eigenvalue weighted by atomic mass is 35.5. The summed E-state index contributed by atoms with van der Waals surface area (Å²) in [7, 11) is 1.53. The summed E-state index contributed by atoms with van der Waals surface area (Å²) in [6.45, 7) is 18.8. The van der Waals surface area contributed by atoms with Crippen LogP contribution in [0.5, 0.6) is 0 Å². The molecule has 2 bridgehead atoms. The van der Waals surface area contributed by atoms with Gasteiger partial charge in [-0.15, -0.1) is 0 Å². The number of esters is 1. The zero-order valence-corrected chi connectivity index (χ0v) is 35.8. The highest BCUT2D eigenvalue weighted by Gasteiger charge is 2.59. The van der Waals surface area contributed by atoms with Crippen molar-refractivity contribution < 1.29 is 58.4 Å². The molecule has 320 valence electrons. The van der Waals surface area contributed by atoms with Crippen LogP contribution in [-0.2, 0) is 44.5 Å². The molecule has 4 aliphatic rings. The summed E-state index contributed by atoms with van der Waals surface area (Å²) >= 11 is 6.11. The van der Waals surface area contributed by atoms with E-state index in [1.54, 1.807) is 27.7 Å². The zero-order chi connectivity index (χ0) is 41.5. The van der Waals surface area contributed by atoms with Gasteiger partial charge in [0.25, 0.3) is 0 Å². The standard InChI is InChI=1S/C42H68ClNO12/c1-12-30(45)42(10,49)37-23(4)33-21(2)18-41(9,56-33)36(55-39-32(46)29(17-22(3)51-39)44-20-27-13-15-28(43)16-14-27)24(5)34(25(6)38(48)54-37)53-31-19-40(8,50-11)35(47)26(7)52-31/h13-16,21-26,29-37,39,44-47,49H,12,17-20H2,1-11H3/t21?,22?,23-,24-,25+,26?,29?,30+,31-,32?,33?,34-,35-,36+,37+,39-,40?,41+,42+/m0/s1. The molecule has 0 saturated carbocycles. The Morgan fingerprint density at radius 2 is 1.68 bits per heavy atom. The van der Waals surface area contributed by atoms with Crippen LogP contribution in [0.4, 0.5) is 0 Å². The number of carbonyl (C=O) groups is 1. The Bertz CT molecular complexity index is 1450. The maximum absolute atomic E-state index is 14.4. The maximum atomic E-state index is 14.4. The van der Waals surface area contributed by atoms with Gasteiger partial charge < -0.3 is 58.9 Å². The molecule has 4 heterocycles. The Morgan fingerprint density at radius 1 is 1.02 bits per heavy atom. The third-order valence-corrected chi connectivity index (χ3v) is 13.5. The Kier molecular flexibility index (Phi) is 14.7. The van der Waals surface area contributed by atoms with Crippen molar-refractivity contribution in [1.82, 2.24) is 5.32 Å². The van der Waals surface area contributed by atoms with Gasteiger partial charge in [0.05, 0.1) is 53.7 Å². The van der Waals surface area contributed by atoms with Crippen LogP contribution in [0.25, 0.3) is 0 Å². The molecule has 19 atom stereocenters. The molecule has 0 amide bonds. The summed E-state index contributed by atoms with van der Waals surface area (Å²) in [5.74, 6) is -2.81. The average molecular weight is 814 g/mol. The summed E-state index contributed by atoms with van der Waals surface area (Å²) in [5.41, 5.74) is -2.79. The van der Waals surface area contributed by atoms with Crippen molar-refractivity contribution in [3.05, 3.63) is 34.9 Å². The molecule has 4 fully saturated rings. The van der Waals surface area contributed by atoms with Crippen LogP contribution >= 0.6 is 11.6 Å². The fourth-order valence-corrected chi connectivity index (χ4v) is 9.89. The van der Waals surface area contributed by atoms with E-state index < -0.39 is 102 Å². The topological polar surface area (TPSA) is 175 Å². The summed E-state index contributed by atoms with van der Waals surface area (Å²) in [6.07, 6.45) is -7.96. The first kappa shape index (κ1) is 45.6. The molecule has 0 radical (unpaired) electrons. The molecule has 4 saturated heterocycles. The summed E-state index contributed by atoms with van der Waals surface area (Å²) in [4.78, 5) is 14.4. The van der Waals surface area contributed by atoms with E-state index >= 15 is 0 Å². The van der Waals surface area contributed by atoms with Gasteiger partial charge >= 0.3 is 5.97 Å². The van der Waals surface area contributed by atoms with E-state index in [-0.39, 0.29) is 30.9 Å². The van der Waals surface area contributed by atoms with E-state index in [1.807, 2.05) is 52.0 Å². The number of ether oxygens (including phenoxy) is 7. The minimum atomic E-state index is -1.81. The zero-order valence-electron chi connectivity index (χ0n) is 35.0. The van der Waals surface area contributed by atoms with Crippen LogP contribution in [0.3, 0.4) is 0 Å². The number of cyclic esters (lactones) is 1. The number of fused-ring (bicyclic) bond motifs is 2. The van der Waals surface area contributed by atoms with Crippen LogP contribution in [0.2, 0.25) is 5.02 Å². The van der Waals surface area contributed by atoms with Crippen molar-refractivity contribution in [2.75, 3.05) is 7.11 Å². The average Bonchev–Trinajstić information content (AvgIpc) is 3.47. The van der Waals surface area contributed by atoms with Crippen LogP contribution in [0, 0.1) is 23.7 Å². The van der Waals surface area contributed by atoms with Crippen LogP contribution in [0.15, 0.2) is 24.3 Å². The Hall–Kier alpha value is -1.46. The van der Waals surface area contributed by atoms with Crippen molar-refractivity contribution in [2.24, 2.45) is 23.7 Å². The maximum Gasteiger partial charge on any atom is 0.311 e. The van der Waals surface area contributed by atoms with Crippen molar-refractivity contribution in [3.63, 3.8) is 0 Å².